The van der Waals surface area contributed by atoms with Crippen LogP contribution in [0.4, 0.5) is 0 Å². The highest BCUT2D eigenvalue weighted by Crippen LogP contribution is 2.31. The second kappa shape index (κ2) is 2.36. The zero-order valence-corrected chi connectivity index (χ0v) is 7.37. The van der Waals surface area contributed by atoms with Gasteiger partial charge in [0.15, 0.2) is 0 Å². The fraction of sp³-hybridized carbons (Fsp3) is 1.00. The Morgan fingerprint density at radius 2 is 1.78 bits per heavy atom. The van der Waals surface area contributed by atoms with Gasteiger partial charge < -0.3 is 4.74 Å². The number of hydrogen-bond acceptors (Lipinski definition) is 2. The summed E-state index contributed by atoms with van der Waals surface area (Å²) >= 11 is 2.42. The Bertz CT molecular complexity index is 104. The number of nitrogens with zero attached hydrogens (tertiary/aromatic N) is 1. The third-order valence-corrected chi connectivity index (χ3v) is 3.73. The van der Waals surface area contributed by atoms with E-state index in [4.69, 9.17) is 4.74 Å². The SMILES string of the molecule is IN1C2CCC1COC2. The van der Waals surface area contributed by atoms with E-state index >= 15 is 0 Å². The van der Waals surface area contributed by atoms with Crippen LogP contribution in [0.2, 0.25) is 0 Å². The molecular weight excluding hydrogens is 229 g/mol. The molecule has 0 aromatic rings. The Hall–Kier alpha value is 0.650. The number of fused-ring (bicyclic) bond motifs is 2. The van der Waals surface area contributed by atoms with Gasteiger partial charge in [-0.15, -0.1) is 0 Å². The summed E-state index contributed by atoms with van der Waals surface area (Å²) < 4.78 is 7.81. The number of hydrogen-bond donors (Lipinski definition) is 0. The Labute approximate surface area is 69.0 Å². The number of halogens is 1. The highest BCUT2D eigenvalue weighted by molar-refractivity contribution is 14.1. The van der Waals surface area contributed by atoms with Gasteiger partial charge in [-0.1, -0.05) is 0 Å². The lowest BCUT2D eigenvalue weighted by molar-refractivity contribution is 0.0397. The smallest absolute Gasteiger partial charge is 0.0630 e. The Kier molecular flexibility index (Phi) is 1.67. The van der Waals surface area contributed by atoms with Crippen LogP contribution < -0.4 is 0 Å². The van der Waals surface area contributed by atoms with Gasteiger partial charge in [0, 0.05) is 34.9 Å². The van der Waals surface area contributed by atoms with Crippen LogP contribution in [-0.2, 0) is 4.74 Å². The first-order chi connectivity index (χ1) is 4.38. The summed E-state index contributed by atoms with van der Waals surface area (Å²) in [6.07, 6.45) is 2.68. The van der Waals surface area contributed by atoms with Crippen molar-refractivity contribution in [1.82, 2.24) is 3.11 Å². The van der Waals surface area contributed by atoms with Crippen LogP contribution in [0.15, 0.2) is 0 Å². The predicted octanol–water partition coefficient (Wildman–Crippen LogP) is 1.20. The topological polar surface area (TPSA) is 12.5 Å². The third kappa shape index (κ3) is 0.991. The lowest BCUT2D eigenvalue weighted by atomic mass is 10.2. The summed E-state index contributed by atoms with van der Waals surface area (Å²) in [4.78, 5) is 0. The summed E-state index contributed by atoms with van der Waals surface area (Å²) in [6, 6.07) is 1.45. The van der Waals surface area contributed by atoms with Gasteiger partial charge in [-0.05, 0) is 12.8 Å². The summed E-state index contributed by atoms with van der Waals surface area (Å²) in [5.41, 5.74) is 0. The van der Waals surface area contributed by atoms with Crippen LogP contribution in [-0.4, -0.2) is 28.4 Å². The molecule has 0 amide bonds. The van der Waals surface area contributed by atoms with Crippen molar-refractivity contribution in [2.45, 2.75) is 24.9 Å². The zero-order valence-electron chi connectivity index (χ0n) is 5.22. The molecule has 0 radical (unpaired) electrons. The number of ether oxygens (including phenoxy) is 1. The van der Waals surface area contributed by atoms with Crippen molar-refractivity contribution >= 4 is 22.9 Å². The molecule has 2 aliphatic rings. The molecule has 2 unspecified atom stereocenters. The van der Waals surface area contributed by atoms with E-state index in [1.165, 1.54) is 12.8 Å². The molecule has 2 saturated heterocycles. The van der Waals surface area contributed by atoms with Gasteiger partial charge in [-0.2, -0.15) is 0 Å². The Morgan fingerprint density at radius 1 is 1.22 bits per heavy atom. The Morgan fingerprint density at radius 3 is 2.22 bits per heavy atom. The minimum atomic E-state index is 0.726. The maximum atomic E-state index is 5.38. The van der Waals surface area contributed by atoms with Crippen LogP contribution in [0.25, 0.3) is 0 Å². The minimum Gasteiger partial charge on any atom is -0.378 e. The van der Waals surface area contributed by atoms with Gasteiger partial charge in [0.25, 0.3) is 0 Å². The van der Waals surface area contributed by atoms with E-state index in [0.717, 1.165) is 25.3 Å². The van der Waals surface area contributed by atoms with Gasteiger partial charge >= 0.3 is 0 Å². The van der Waals surface area contributed by atoms with Crippen molar-refractivity contribution in [2.24, 2.45) is 0 Å². The molecule has 0 N–H and O–H groups in total. The monoisotopic (exact) mass is 239 g/mol. The van der Waals surface area contributed by atoms with Crippen molar-refractivity contribution in [1.29, 1.82) is 0 Å². The normalized spacial score (nSPS) is 43.7. The first-order valence-electron chi connectivity index (χ1n) is 3.40. The maximum absolute atomic E-state index is 5.38. The second-order valence-electron chi connectivity index (χ2n) is 2.77. The number of morpholine rings is 1. The standard InChI is InChI=1S/C6H10INO/c7-8-5-1-2-6(8)4-9-3-5/h5-6H,1-4H2. The van der Waals surface area contributed by atoms with Crippen LogP contribution in [0, 0.1) is 0 Å². The van der Waals surface area contributed by atoms with Crippen LogP contribution in [0.1, 0.15) is 12.8 Å². The van der Waals surface area contributed by atoms with Gasteiger partial charge in [-0.3, -0.25) is 0 Å². The highest BCUT2D eigenvalue weighted by Gasteiger charge is 2.35. The summed E-state index contributed by atoms with van der Waals surface area (Å²) in [5.74, 6) is 0. The van der Waals surface area contributed by atoms with Crippen molar-refractivity contribution < 1.29 is 4.74 Å². The van der Waals surface area contributed by atoms with Crippen molar-refractivity contribution in [3.8, 4) is 0 Å². The van der Waals surface area contributed by atoms with E-state index in [1.54, 1.807) is 0 Å². The molecule has 2 rings (SSSR count). The van der Waals surface area contributed by atoms with E-state index in [-0.39, 0.29) is 0 Å². The van der Waals surface area contributed by atoms with Crippen LogP contribution in [0.5, 0.6) is 0 Å². The van der Waals surface area contributed by atoms with E-state index in [1.807, 2.05) is 0 Å². The molecule has 2 atom stereocenters. The zero-order chi connectivity index (χ0) is 6.27. The molecule has 0 aliphatic carbocycles. The van der Waals surface area contributed by atoms with E-state index < -0.39 is 0 Å². The second-order valence-corrected chi connectivity index (χ2v) is 3.88. The average molecular weight is 239 g/mol. The predicted molar refractivity (Wildman–Crippen MR) is 43.5 cm³/mol. The molecule has 3 heteroatoms. The summed E-state index contributed by atoms with van der Waals surface area (Å²) in [5, 5.41) is 0. The van der Waals surface area contributed by atoms with E-state index in [0.29, 0.717) is 0 Å². The lowest BCUT2D eigenvalue weighted by Gasteiger charge is -2.28. The molecule has 2 nitrogen and oxygen atoms in total. The molecule has 0 saturated carbocycles. The molecule has 0 aromatic heterocycles. The fourth-order valence-electron chi connectivity index (χ4n) is 1.58. The maximum Gasteiger partial charge on any atom is 0.0630 e. The third-order valence-electron chi connectivity index (χ3n) is 2.15. The van der Waals surface area contributed by atoms with Crippen molar-refractivity contribution in [2.75, 3.05) is 13.2 Å². The lowest BCUT2D eigenvalue weighted by Crippen LogP contribution is -2.38. The molecule has 9 heavy (non-hydrogen) atoms. The van der Waals surface area contributed by atoms with Crippen LogP contribution in [0.3, 0.4) is 0 Å². The van der Waals surface area contributed by atoms with Crippen molar-refractivity contribution in [3.05, 3.63) is 0 Å². The first kappa shape index (κ1) is 6.37. The summed E-state index contributed by atoms with van der Waals surface area (Å²) in [6.45, 7) is 1.92. The molecule has 2 heterocycles. The molecular formula is C6H10INO. The van der Waals surface area contributed by atoms with Gasteiger partial charge in [-0.25, -0.2) is 3.11 Å². The first-order valence-corrected chi connectivity index (χ1v) is 4.36. The van der Waals surface area contributed by atoms with Gasteiger partial charge in [0.1, 0.15) is 0 Å². The van der Waals surface area contributed by atoms with Crippen molar-refractivity contribution in [3.63, 3.8) is 0 Å². The van der Waals surface area contributed by atoms with E-state index in [9.17, 15) is 0 Å². The largest absolute Gasteiger partial charge is 0.378 e. The molecule has 2 aliphatic heterocycles. The molecule has 2 fully saturated rings. The molecule has 0 spiro atoms. The molecule has 2 bridgehead atoms. The van der Waals surface area contributed by atoms with Gasteiger partial charge in [0.05, 0.1) is 13.2 Å². The quantitative estimate of drug-likeness (QED) is 0.465. The average Bonchev–Trinajstić information content (AvgIpc) is 2.19. The number of rotatable bonds is 0. The summed E-state index contributed by atoms with van der Waals surface area (Å²) in [7, 11) is 0. The van der Waals surface area contributed by atoms with E-state index in [2.05, 4.69) is 26.0 Å². The highest BCUT2D eigenvalue weighted by atomic mass is 127. The van der Waals surface area contributed by atoms with Gasteiger partial charge in [0.2, 0.25) is 0 Å². The minimum absolute atomic E-state index is 0.726. The molecule has 0 aromatic carbocycles. The van der Waals surface area contributed by atoms with Crippen LogP contribution >= 0.6 is 22.9 Å². The fourth-order valence-corrected chi connectivity index (χ4v) is 2.46. The molecule has 52 valence electrons. The Balaban J connectivity index is 2.10.